The molecule has 0 aliphatic carbocycles. The van der Waals surface area contributed by atoms with E-state index in [9.17, 15) is 4.79 Å². The standard InChI is InChI=1S/C18H33N3O/c22-18(7-6-16-8-10-19-11-9-16)21-14-4-5-17(21)15-20-12-2-1-3-13-20/h16-17,19H,1-15H2. The summed E-state index contributed by atoms with van der Waals surface area (Å²) >= 11 is 0. The molecule has 0 saturated carbocycles. The predicted molar refractivity (Wildman–Crippen MR) is 89.9 cm³/mol. The average Bonchev–Trinajstić information content (AvgIpc) is 3.03. The van der Waals surface area contributed by atoms with Gasteiger partial charge in [0.05, 0.1) is 0 Å². The fraction of sp³-hybridized carbons (Fsp3) is 0.944. The van der Waals surface area contributed by atoms with Crippen molar-refractivity contribution in [3.8, 4) is 0 Å². The van der Waals surface area contributed by atoms with Crippen molar-refractivity contribution in [2.45, 2.75) is 63.8 Å². The van der Waals surface area contributed by atoms with E-state index in [4.69, 9.17) is 0 Å². The Balaban J connectivity index is 1.43. The molecule has 0 aromatic rings. The highest BCUT2D eigenvalue weighted by Gasteiger charge is 2.30. The third-order valence-electron chi connectivity index (χ3n) is 5.84. The van der Waals surface area contributed by atoms with Gasteiger partial charge in [0.1, 0.15) is 0 Å². The maximum Gasteiger partial charge on any atom is 0.222 e. The van der Waals surface area contributed by atoms with Crippen LogP contribution in [-0.2, 0) is 4.79 Å². The molecule has 4 nitrogen and oxygen atoms in total. The zero-order chi connectivity index (χ0) is 15.2. The smallest absolute Gasteiger partial charge is 0.222 e. The van der Waals surface area contributed by atoms with Gasteiger partial charge in [-0.15, -0.1) is 0 Å². The molecule has 1 atom stereocenters. The molecule has 0 bridgehead atoms. The second-order valence-corrected chi connectivity index (χ2v) is 7.48. The van der Waals surface area contributed by atoms with Crippen molar-refractivity contribution in [3.05, 3.63) is 0 Å². The topological polar surface area (TPSA) is 35.6 Å². The predicted octanol–water partition coefficient (Wildman–Crippen LogP) is 2.24. The Morgan fingerprint density at radius 3 is 2.50 bits per heavy atom. The van der Waals surface area contributed by atoms with E-state index < -0.39 is 0 Å². The zero-order valence-corrected chi connectivity index (χ0v) is 14.1. The number of nitrogens with one attached hydrogen (secondary N) is 1. The van der Waals surface area contributed by atoms with E-state index in [1.54, 1.807) is 0 Å². The number of rotatable bonds is 5. The first-order chi connectivity index (χ1) is 10.8. The number of hydrogen-bond acceptors (Lipinski definition) is 3. The van der Waals surface area contributed by atoms with Gasteiger partial charge < -0.3 is 15.1 Å². The molecule has 4 heteroatoms. The van der Waals surface area contributed by atoms with Crippen LogP contribution in [0.3, 0.4) is 0 Å². The van der Waals surface area contributed by atoms with Crippen LogP contribution in [0.15, 0.2) is 0 Å². The maximum atomic E-state index is 12.6. The zero-order valence-electron chi connectivity index (χ0n) is 14.1. The minimum absolute atomic E-state index is 0.429. The summed E-state index contributed by atoms with van der Waals surface area (Å²) < 4.78 is 0. The summed E-state index contributed by atoms with van der Waals surface area (Å²) in [7, 11) is 0. The van der Waals surface area contributed by atoms with Crippen molar-refractivity contribution in [2.75, 3.05) is 39.3 Å². The number of hydrogen-bond donors (Lipinski definition) is 1. The maximum absolute atomic E-state index is 12.6. The van der Waals surface area contributed by atoms with Crippen LogP contribution in [0.1, 0.15) is 57.8 Å². The Hall–Kier alpha value is -0.610. The highest BCUT2D eigenvalue weighted by Crippen LogP contribution is 2.23. The van der Waals surface area contributed by atoms with Gasteiger partial charge in [-0.05, 0) is 77.0 Å². The first kappa shape index (κ1) is 16.3. The fourth-order valence-electron chi connectivity index (χ4n) is 4.44. The normalized spacial score (nSPS) is 28.2. The molecule has 1 N–H and O–H groups in total. The number of carbonyl (C=O) groups is 1. The van der Waals surface area contributed by atoms with Crippen molar-refractivity contribution >= 4 is 5.91 Å². The molecule has 1 amide bonds. The molecule has 3 heterocycles. The van der Waals surface area contributed by atoms with Crippen LogP contribution >= 0.6 is 0 Å². The molecule has 0 aromatic carbocycles. The minimum atomic E-state index is 0.429. The third-order valence-corrected chi connectivity index (χ3v) is 5.84. The molecule has 126 valence electrons. The van der Waals surface area contributed by atoms with Crippen molar-refractivity contribution < 1.29 is 4.79 Å². The number of amides is 1. The van der Waals surface area contributed by atoms with Gasteiger partial charge in [-0.25, -0.2) is 0 Å². The fourth-order valence-corrected chi connectivity index (χ4v) is 4.44. The Bertz CT molecular complexity index is 348. The molecular formula is C18H33N3O. The Kier molecular flexibility index (Phi) is 6.13. The number of likely N-dealkylation sites (tertiary alicyclic amines) is 2. The van der Waals surface area contributed by atoms with Gasteiger partial charge >= 0.3 is 0 Å². The van der Waals surface area contributed by atoms with Crippen LogP contribution in [0.25, 0.3) is 0 Å². The van der Waals surface area contributed by atoms with Crippen LogP contribution in [0.2, 0.25) is 0 Å². The number of nitrogens with zero attached hydrogens (tertiary/aromatic N) is 2. The van der Waals surface area contributed by atoms with Gasteiger partial charge in [0.25, 0.3) is 0 Å². The van der Waals surface area contributed by atoms with E-state index in [1.165, 1.54) is 58.0 Å². The minimum Gasteiger partial charge on any atom is -0.338 e. The van der Waals surface area contributed by atoms with Crippen LogP contribution in [-0.4, -0.2) is 61.0 Å². The van der Waals surface area contributed by atoms with Crippen LogP contribution in [0, 0.1) is 5.92 Å². The van der Waals surface area contributed by atoms with Crippen LogP contribution < -0.4 is 5.32 Å². The lowest BCUT2D eigenvalue weighted by Crippen LogP contribution is -2.44. The van der Waals surface area contributed by atoms with E-state index in [1.807, 2.05) is 0 Å². The van der Waals surface area contributed by atoms with Gasteiger partial charge in [-0.2, -0.15) is 0 Å². The van der Waals surface area contributed by atoms with Crippen LogP contribution in [0.4, 0.5) is 0 Å². The summed E-state index contributed by atoms with van der Waals surface area (Å²) in [5.41, 5.74) is 0. The highest BCUT2D eigenvalue weighted by molar-refractivity contribution is 5.76. The molecule has 3 rings (SSSR count). The van der Waals surface area contributed by atoms with Gasteiger partial charge in [-0.1, -0.05) is 6.42 Å². The summed E-state index contributed by atoms with van der Waals surface area (Å²) in [6.07, 6.45) is 10.9. The molecule has 3 fully saturated rings. The average molecular weight is 307 g/mol. The van der Waals surface area contributed by atoms with E-state index in [0.717, 1.165) is 44.9 Å². The first-order valence-electron chi connectivity index (χ1n) is 9.55. The largest absolute Gasteiger partial charge is 0.338 e. The van der Waals surface area contributed by atoms with Gasteiger partial charge in [0.15, 0.2) is 0 Å². The lowest BCUT2D eigenvalue weighted by Gasteiger charge is -2.33. The molecule has 0 aromatic heterocycles. The van der Waals surface area contributed by atoms with Gasteiger partial charge in [-0.3, -0.25) is 4.79 Å². The van der Waals surface area contributed by atoms with Crippen molar-refractivity contribution in [1.29, 1.82) is 0 Å². The van der Waals surface area contributed by atoms with Crippen molar-refractivity contribution in [1.82, 2.24) is 15.1 Å². The van der Waals surface area contributed by atoms with E-state index in [0.29, 0.717) is 11.9 Å². The van der Waals surface area contributed by atoms with E-state index in [-0.39, 0.29) is 0 Å². The lowest BCUT2D eigenvalue weighted by atomic mass is 9.93. The SMILES string of the molecule is O=C(CCC1CCNCC1)N1CCCC1CN1CCCCC1. The second kappa shape index (κ2) is 8.30. The lowest BCUT2D eigenvalue weighted by molar-refractivity contribution is -0.132. The number of carbonyl (C=O) groups excluding carboxylic acids is 1. The Morgan fingerprint density at radius 1 is 0.955 bits per heavy atom. The first-order valence-corrected chi connectivity index (χ1v) is 9.55. The molecule has 1 unspecified atom stereocenters. The summed E-state index contributed by atoms with van der Waals surface area (Å²) in [5.74, 6) is 1.20. The van der Waals surface area contributed by atoms with Crippen LogP contribution in [0.5, 0.6) is 0 Å². The van der Waals surface area contributed by atoms with E-state index in [2.05, 4.69) is 15.1 Å². The second-order valence-electron chi connectivity index (χ2n) is 7.48. The molecule has 3 aliphatic rings. The quantitative estimate of drug-likeness (QED) is 0.846. The summed E-state index contributed by atoms with van der Waals surface area (Å²) in [6, 6.07) is 0.499. The molecule has 0 spiro atoms. The summed E-state index contributed by atoms with van der Waals surface area (Å²) in [5, 5.41) is 3.41. The molecule has 3 saturated heterocycles. The highest BCUT2D eigenvalue weighted by atomic mass is 16.2. The molecule has 22 heavy (non-hydrogen) atoms. The Labute approximate surface area is 135 Å². The Morgan fingerprint density at radius 2 is 1.73 bits per heavy atom. The summed E-state index contributed by atoms with van der Waals surface area (Å²) in [4.78, 5) is 17.4. The van der Waals surface area contributed by atoms with Gasteiger partial charge in [0.2, 0.25) is 5.91 Å². The van der Waals surface area contributed by atoms with E-state index >= 15 is 0 Å². The molecular weight excluding hydrogens is 274 g/mol. The van der Waals surface area contributed by atoms with Gasteiger partial charge in [0, 0.05) is 25.6 Å². The molecule has 0 radical (unpaired) electrons. The van der Waals surface area contributed by atoms with Crippen molar-refractivity contribution in [3.63, 3.8) is 0 Å². The van der Waals surface area contributed by atoms with Crippen molar-refractivity contribution in [2.24, 2.45) is 5.92 Å². The molecule has 3 aliphatic heterocycles. The summed E-state index contributed by atoms with van der Waals surface area (Å²) in [6.45, 7) is 6.89. The monoisotopic (exact) mass is 307 g/mol. The number of piperidine rings is 2. The third kappa shape index (κ3) is 4.45.